The Balaban J connectivity index is 1.28. The molecule has 3 N–H and O–H groups in total. The van der Waals surface area contributed by atoms with Gasteiger partial charge in [0.25, 0.3) is 0 Å². The lowest BCUT2D eigenvalue weighted by Crippen LogP contribution is -2.44. The Labute approximate surface area is 248 Å². The topological polar surface area (TPSA) is 113 Å². The minimum atomic E-state index is -1.04. The number of anilines is 1. The van der Waals surface area contributed by atoms with Crippen LogP contribution in [0.5, 0.6) is 11.5 Å². The van der Waals surface area contributed by atoms with Gasteiger partial charge in [0.05, 0.1) is 13.5 Å². The van der Waals surface area contributed by atoms with Gasteiger partial charge in [-0.3, -0.25) is 9.69 Å². The van der Waals surface area contributed by atoms with Gasteiger partial charge in [0, 0.05) is 25.3 Å². The molecule has 1 aromatic heterocycles. The van der Waals surface area contributed by atoms with E-state index >= 15 is 0 Å². The first-order valence-electron chi connectivity index (χ1n) is 14.8. The van der Waals surface area contributed by atoms with Gasteiger partial charge in [-0.25, -0.2) is 9.78 Å². The number of nitrogens with zero attached hydrogens (tertiary/aromatic N) is 2. The molecule has 9 nitrogen and oxygen atoms in total. The van der Waals surface area contributed by atoms with Gasteiger partial charge in [0.2, 0.25) is 5.91 Å². The van der Waals surface area contributed by atoms with E-state index in [9.17, 15) is 14.7 Å². The number of amides is 1. The summed E-state index contributed by atoms with van der Waals surface area (Å²) in [6, 6.07) is 20.2. The molecule has 0 bridgehead atoms. The van der Waals surface area contributed by atoms with Crippen molar-refractivity contribution in [2.24, 2.45) is 0 Å². The van der Waals surface area contributed by atoms with E-state index in [1.165, 1.54) is 5.56 Å². The fourth-order valence-electron chi connectivity index (χ4n) is 5.08. The standard InChI is InChI=1S/C33H42N4O5/c1-41-29-14-7-9-25(23-29)24-31(38)36-30(33(39)40)17-20-37(21-22-42-28-12-3-2-4-13-28)19-6-5-11-27-16-15-26-10-8-18-34-32(26)35-27/h2-4,7,9,12-16,23,30H,5-6,8,10-11,17-22,24H2,1H3,(H,34,35)(H,36,38)(H,39,40). The second-order valence-corrected chi connectivity index (χ2v) is 10.6. The lowest BCUT2D eigenvalue weighted by atomic mass is 10.1. The normalized spacial score (nSPS) is 13.1. The maximum atomic E-state index is 12.7. The second kappa shape index (κ2) is 16.4. The summed E-state index contributed by atoms with van der Waals surface area (Å²) in [7, 11) is 1.57. The van der Waals surface area contributed by atoms with Gasteiger partial charge < -0.3 is 25.2 Å². The van der Waals surface area contributed by atoms with Crippen LogP contribution >= 0.6 is 0 Å². The Morgan fingerprint density at radius 1 is 1.02 bits per heavy atom. The zero-order valence-corrected chi connectivity index (χ0v) is 24.4. The molecule has 1 aliphatic rings. The van der Waals surface area contributed by atoms with Crippen LogP contribution in [0.15, 0.2) is 66.7 Å². The number of carbonyl (C=O) groups excluding carboxylic acids is 1. The summed E-state index contributed by atoms with van der Waals surface area (Å²) in [5, 5.41) is 15.9. The number of ether oxygens (including phenoxy) is 2. The third-order valence-corrected chi connectivity index (χ3v) is 7.39. The number of hydrogen-bond acceptors (Lipinski definition) is 7. The number of carboxylic acids is 1. The molecule has 0 fully saturated rings. The average Bonchev–Trinajstić information content (AvgIpc) is 3.01. The minimum absolute atomic E-state index is 0.0852. The molecule has 1 atom stereocenters. The maximum Gasteiger partial charge on any atom is 0.326 e. The number of hydrogen-bond donors (Lipinski definition) is 3. The molecule has 2 aromatic carbocycles. The number of rotatable bonds is 17. The quantitative estimate of drug-likeness (QED) is 0.204. The zero-order valence-electron chi connectivity index (χ0n) is 24.4. The van der Waals surface area contributed by atoms with E-state index in [4.69, 9.17) is 14.5 Å². The molecule has 2 heterocycles. The highest BCUT2D eigenvalue weighted by Gasteiger charge is 2.21. The lowest BCUT2D eigenvalue weighted by Gasteiger charge is -2.24. The number of aliphatic carboxylic acids is 1. The number of fused-ring (bicyclic) bond motifs is 1. The number of unbranched alkanes of at least 4 members (excludes halogenated alkanes) is 1. The number of pyridine rings is 1. The molecule has 0 spiro atoms. The van der Waals surface area contributed by atoms with Crippen molar-refractivity contribution >= 4 is 17.7 Å². The Hall–Kier alpha value is -4.11. The van der Waals surface area contributed by atoms with Crippen LogP contribution in [0.1, 0.15) is 42.5 Å². The molecule has 0 saturated heterocycles. The number of benzene rings is 2. The maximum absolute atomic E-state index is 12.7. The second-order valence-electron chi connectivity index (χ2n) is 10.6. The van der Waals surface area contributed by atoms with Crippen LogP contribution in [0.3, 0.4) is 0 Å². The molecular weight excluding hydrogens is 532 g/mol. The first-order chi connectivity index (χ1) is 20.5. The SMILES string of the molecule is COc1cccc(CC(=O)NC(CCN(CCCCc2ccc3c(n2)NCCC3)CCOc2ccccc2)C(=O)O)c1. The summed E-state index contributed by atoms with van der Waals surface area (Å²) in [5.41, 5.74) is 3.14. The first kappa shape index (κ1) is 30.8. The molecule has 1 unspecified atom stereocenters. The van der Waals surface area contributed by atoms with Gasteiger partial charge in [-0.1, -0.05) is 36.4 Å². The van der Waals surface area contributed by atoms with E-state index in [1.807, 2.05) is 42.5 Å². The van der Waals surface area contributed by atoms with Crippen LogP contribution in [-0.2, 0) is 28.9 Å². The van der Waals surface area contributed by atoms with Crippen molar-refractivity contribution in [1.82, 2.24) is 15.2 Å². The molecule has 1 aliphatic heterocycles. The smallest absolute Gasteiger partial charge is 0.326 e. The van der Waals surface area contributed by atoms with Crippen LogP contribution in [0, 0.1) is 0 Å². The number of nitrogens with one attached hydrogen (secondary N) is 2. The number of carbonyl (C=O) groups is 2. The predicted octanol–water partition coefficient (Wildman–Crippen LogP) is 4.35. The van der Waals surface area contributed by atoms with E-state index in [-0.39, 0.29) is 12.3 Å². The van der Waals surface area contributed by atoms with E-state index in [2.05, 4.69) is 27.7 Å². The fourth-order valence-corrected chi connectivity index (χ4v) is 5.08. The predicted molar refractivity (Wildman–Crippen MR) is 163 cm³/mol. The summed E-state index contributed by atoms with van der Waals surface area (Å²) < 4.78 is 11.1. The Morgan fingerprint density at radius 2 is 1.86 bits per heavy atom. The van der Waals surface area contributed by atoms with Crippen LogP contribution < -0.4 is 20.1 Å². The van der Waals surface area contributed by atoms with Gasteiger partial charge in [0.1, 0.15) is 30.0 Å². The summed E-state index contributed by atoms with van der Waals surface area (Å²) in [6.45, 7) is 3.44. The summed E-state index contributed by atoms with van der Waals surface area (Å²) in [5.74, 6) is 1.11. The third-order valence-electron chi connectivity index (χ3n) is 7.39. The highest BCUT2D eigenvalue weighted by atomic mass is 16.5. The van der Waals surface area contributed by atoms with Crippen molar-refractivity contribution in [1.29, 1.82) is 0 Å². The van der Waals surface area contributed by atoms with E-state index < -0.39 is 12.0 Å². The van der Waals surface area contributed by atoms with E-state index in [0.717, 1.165) is 68.0 Å². The minimum Gasteiger partial charge on any atom is -0.497 e. The molecule has 224 valence electrons. The number of para-hydroxylation sites is 1. The molecule has 0 radical (unpaired) electrons. The van der Waals surface area contributed by atoms with Crippen LogP contribution in [0.25, 0.3) is 0 Å². The highest BCUT2D eigenvalue weighted by molar-refractivity contribution is 5.84. The van der Waals surface area contributed by atoms with Gasteiger partial charge in [-0.2, -0.15) is 0 Å². The van der Waals surface area contributed by atoms with Crippen molar-refractivity contribution in [2.45, 2.75) is 51.0 Å². The molecule has 3 aromatic rings. The van der Waals surface area contributed by atoms with E-state index in [0.29, 0.717) is 31.9 Å². The first-order valence-corrected chi connectivity index (χ1v) is 14.8. The largest absolute Gasteiger partial charge is 0.497 e. The summed E-state index contributed by atoms with van der Waals surface area (Å²) in [6.07, 6.45) is 5.41. The average molecular weight is 575 g/mol. The van der Waals surface area contributed by atoms with Gasteiger partial charge >= 0.3 is 5.97 Å². The fraction of sp³-hybridized carbons (Fsp3) is 0.424. The van der Waals surface area contributed by atoms with Crippen LogP contribution in [-0.4, -0.2) is 72.8 Å². The summed E-state index contributed by atoms with van der Waals surface area (Å²) in [4.78, 5) is 31.7. The number of aryl methyl sites for hydroxylation is 2. The van der Waals surface area contributed by atoms with Crippen LogP contribution in [0.4, 0.5) is 5.82 Å². The number of aromatic nitrogens is 1. The Morgan fingerprint density at radius 3 is 2.67 bits per heavy atom. The molecule has 0 saturated carbocycles. The molecule has 1 amide bonds. The molecule has 42 heavy (non-hydrogen) atoms. The Bertz CT molecular complexity index is 1290. The van der Waals surface area contributed by atoms with Gasteiger partial charge in [-0.05, 0) is 86.5 Å². The van der Waals surface area contributed by atoms with Crippen LogP contribution in [0.2, 0.25) is 0 Å². The van der Waals surface area contributed by atoms with Crippen molar-refractivity contribution in [3.63, 3.8) is 0 Å². The third kappa shape index (κ3) is 10.1. The molecule has 0 aliphatic carbocycles. The zero-order chi connectivity index (χ0) is 29.6. The number of methoxy groups -OCH3 is 1. The monoisotopic (exact) mass is 574 g/mol. The van der Waals surface area contributed by atoms with Crippen molar-refractivity contribution in [2.75, 3.05) is 45.2 Å². The summed E-state index contributed by atoms with van der Waals surface area (Å²) >= 11 is 0. The van der Waals surface area contributed by atoms with Crippen molar-refractivity contribution < 1.29 is 24.2 Å². The number of carboxylic acid groups (broad SMARTS) is 1. The van der Waals surface area contributed by atoms with E-state index in [1.54, 1.807) is 19.2 Å². The molecule has 4 rings (SSSR count). The highest BCUT2D eigenvalue weighted by Crippen LogP contribution is 2.20. The lowest BCUT2D eigenvalue weighted by molar-refractivity contribution is -0.142. The Kier molecular flexibility index (Phi) is 12.0. The molecular formula is C33H42N4O5. The molecule has 9 heteroatoms. The van der Waals surface area contributed by atoms with Crippen molar-refractivity contribution in [3.05, 3.63) is 83.6 Å². The van der Waals surface area contributed by atoms with Gasteiger partial charge in [0.15, 0.2) is 0 Å². The van der Waals surface area contributed by atoms with Gasteiger partial charge in [-0.15, -0.1) is 0 Å². The van der Waals surface area contributed by atoms with Crippen molar-refractivity contribution in [3.8, 4) is 11.5 Å².